The van der Waals surface area contributed by atoms with E-state index in [1.807, 2.05) is 0 Å². The summed E-state index contributed by atoms with van der Waals surface area (Å²) in [5, 5.41) is 3.44. The van der Waals surface area contributed by atoms with Crippen LogP contribution in [-0.4, -0.2) is 19.2 Å². The monoisotopic (exact) mass is 337 g/mol. The van der Waals surface area contributed by atoms with Crippen LogP contribution in [-0.2, 0) is 12.8 Å². The number of halogens is 1. The molecule has 0 aromatic heterocycles. The lowest BCUT2D eigenvalue weighted by atomic mass is 10.0. The van der Waals surface area contributed by atoms with E-state index in [4.69, 9.17) is 4.74 Å². The SMILES string of the molecule is C/C(=C/CCNC(C)C)Cc1cc(Br)cc2c1OCC2. The molecule has 2 rings (SSSR count). The molecule has 0 saturated carbocycles. The van der Waals surface area contributed by atoms with Crippen LogP contribution in [0.2, 0.25) is 0 Å². The Hall–Kier alpha value is -0.800. The van der Waals surface area contributed by atoms with Crippen LogP contribution in [0.25, 0.3) is 0 Å². The Morgan fingerprint density at radius 3 is 3.00 bits per heavy atom. The predicted octanol–water partition coefficient (Wildman–Crippen LogP) is 4.26. The minimum absolute atomic E-state index is 0.561. The molecule has 0 fully saturated rings. The van der Waals surface area contributed by atoms with Crippen molar-refractivity contribution >= 4 is 15.9 Å². The van der Waals surface area contributed by atoms with E-state index in [1.165, 1.54) is 16.7 Å². The summed E-state index contributed by atoms with van der Waals surface area (Å²) in [5.74, 6) is 1.11. The molecule has 20 heavy (non-hydrogen) atoms. The molecule has 110 valence electrons. The van der Waals surface area contributed by atoms with Crippen molar-refractivity contribution in [2.75, 3.05) is 13.2 Å². The Morgan fingerprint density at radius 2 is 2.25 bits per heavy atom. The van der Waals surface area contributed by atoms with Gasteiger partial charge in [0.05, 0.1) is 6.61 Å². The second-order valence-electron chi connectivity index (χ2n) is 5.78. The Balaban J connectivity index is 1.97. The Bertz CT molecular complexity index is 494. The van der Waals surface area contributed by atoms with Crippen LogP contribution in [0.3, 0.4) is 0 Å². The van der Waals surface area contributed by atoms with Crippen LogP contribution in [0.5, 0.6) is 5.75 Å². The molecule has 0 bridgehead atoms. The first-order valence-electron chi connectivity index (χ1n) is 7.39. The van der Waals surface area contributed by atoms with Gasteiger partial charge in [0.2, 0.25) is 0 Å². The Morgan fingerprint density at radius 1 is 1.45 bits per heavy atom. The van der Waals surface area contributed by atoms with Gasteiger partial charge in [0.25, 0.3) is 0 Å². The molecule has 3 heteroatoms. The lowest BCUT2D eigenvalue weighted by Gasteiger charge is -2.10. The van der Waals surface area contributed by atoms with Crippen molar-refractivity contribution in [2.24, 2.45) is 0 Å². The number of hydrogen-bond acceptors (Lipinski definition) is 2. The summed E-state index contributed by atoms with van der Waals surface area (Å²) in [6.07, 6.45) is 5.42. The van der Waals surface area contributed by atoms with Gasteiger partial charge in [-0.25, -0.2) is 0 Å². The average Bonchev–Trinajstić information content (AvgIpc) is 2.82. The number of allylic oxidation sites excluding steroid dienone is 1. The van der Waals surface area contributed by atoms with Gasteiger partial charge in [-0.15, -0.1) is 0 Å². The first-order chi connectivity index (χ1) is 9.56. The molecule has 0 radical (unpaired) electrons. The summed E-state index contributed by atoms with van der Waals surface area (Å²) in [4.78, 5) is 0. The molecule has 1 aromatic carbocycles. The molecule has 0 saturated heterocycles. The zero-order valence-electron chi connectivity index (χ0n) is 12.6. The highest BCUT2D eigenvalue weighted by Crippen LogP contribution is 2.34. The number of ether oxygens (including phenoxy) is 1. The third kappa shape index (κ3) is 4.35. The fourth-order valence-electron chi connectivity index (χ4n) is 2.54. The normalized spacial score (nSPS) is 14.6. The predicted molar refractivity (Wildman–Crippen MR) is 88.6 cm³/mol. The van der Waals surface area contributed by atoms with Gasteiger partial charge in [0, 0.05) is 16.9 Å². The van der Waals surface area contributed by atoms with Crippen molar-refractivity contribution in [3.8, 4) is 5.75 Å². The van der Waals surface area contributed by atoms with E-state index in [-0.39, 0.29) is 0 Å². The van der Waals surface area contributed by atoms with Gasteiger partial charge in [-0.3, -0.25) is 0 Å². The van der Waals surface area contributed by atoms with Crippen LogP contribution < -0.4 is 10.1 Å². The lowest BCUT2D eigenvalue weighted by Crippen LogP contribution is -2.23. The van der Waals surface area contributed by atoms with Gasteiger partial charge in [0.1, 0.15) is 5.75 Å². The van der Waals surface area contributed by atoms with Crippen molar-refractivity contribution in [2.45, 2.75) is 46.1 Å². The van der Waals surface area contributed by atoms with Crippen LogP contribution in [0.4, 0.5) is 0 Å². The molecule has 0 spiro atoms. The maximum absolute atomic E-state index is 5.78. The quantitative estimate of drug-likeness (QED) is 0.618. The van der Waals surface area contributed by atoms with Gasteiger partial charge in [0.15, 0.2) is 0 Å². The summed E-state index contributed by atoms with van der Waals surface area (Å²) < 4.78 is 6.94. The maximum atomic E-state index is 5.78. The number of nitrogens with one attached hydrogen (secondary N) is 1. The summed E-state index contributed by atoms with van der Waals surface area (Å²) in [6, 6.07) is 4.93. The highest BCUT2D eigenvalue weighted by atomic mass is 79.9. The molecule has 0 atom stereocenters. The van der Waals surface area contributed by atoms with E-state index >= 15 is 0 Å². The van der Waals surface area contributed by atoms with Crippen LogP contribution in [0, 0.1) is 0 Å². The van der Waals surface area contributed by atoms with Gasteiger partial charge in [-0.2, -0.15) is 0 Å². The van der Waals surface area contributed by atoms with E-state index < -0.39 is 0 Å². The van der Waals surface area contributed by atoms with Gasteiger partial charge in [-0.05, 0) is 49.6 Å². The molecular formula is C17H24BrNO. The van der Waals surface area contributed by atoms with Crippen molar-refractivity contribution in [3.63, 3.8) is 0 Å². The number of rotatable bonds is 6. The summed E-state index contributed by atoms with van der Waals surface area (Å²) in [5.41, 5.74) is 4.05. The summed E-state index contributed by atoms with van der Waals surface area (Å²) in [6.45, 7) is 8.43. The van der Waals surface area contributed by atoms with Crippen LogP contribution >= 0.6 is 15.9 Å². The first-order valence-corrected chi connectivity index (χ1v) is 8.18. The van der Waals surface area contributed by atoms with Crippen molar-refractivity contribution in [1.82, 2.24) is 5.32 Å². The third-order valence-corrected chi connectivity index (χ3v) is 3.94. The van der Waals surface area contributed by atoms with E-state index in [1.54, 1.807) is 0 Å². The van der Waals surface area contributed by atoms with E-state index in [9.17, 15) is 0 Å². The Kier molecular flexibility index (Phi) is 5.67. The van der Waals surface area contributed by atoms with Gasteiger partial charge in [-0.1, -0.05) is 41.4 Å². The van der Waals surface area contributed by atoms with Crippen molar-refractivity contribution in [1.29, 1.82) is 0 Å². The topological polar surface area (TPSA) is 21.3 Å². The highest BCUT2D eigenvalue weighted by Gasteiger charge is 2.17. The Labute approximate surface area is 130 Å². The second kappa shape index (κ2) is 7.28. The fraction of sp³-hybridized carbons (Fsp3) is 0.529. The van der Waals surface area contributed by atoms with Crippen LogP contribution in [0.1, 0.15) is 38.3 Å². The molecule has 1 aliphatic rings. The molecule has 0 amide bonds. The molecule has 1 aliphatic heterocycles. The lowest BCUT2D eigenvalue weighted by molar-refractivity contribution is 0.354. The molecule has 0 unspecified atom stereocenters. The molecule has 1 aromatic rings. The van der Waals surface area contributed by atoms with E-state index in [2.05, 4.69) is 60.2 Å². The van der Waals surface area contributed by atoms with Crippen molar-refractivity contribution in [3.05, 3.63) is 39.4 Å². The summed E-state index contributed by atoms with van der Waals surface area (Å²) >= 11 is 3.60. The second-order valence-corrected chi connectivity index (χ2v) is 6.69. The molecule has 1 N–H and O–H groups in total. The number of hydrogen-bond donors (Lipinski definition) is 1. The number of benzene rings is 1. The zero-order valence-corrected chi connectivity index (χ0v) is 14.2. The van der Waals surface area contributed by atoms with Gasteiger partial charge < -0.3 is 10.1 Å². The third-order valence-electron chi connectivity index (χ3n) is 3.48. The zero-order chi connectivity index (χ0) is 14.5. The maximum Gasteiger partial charge on any atom is 0.126 e. The number of fused-ring (bicyclic) bond motifs is 1. The van der Waals surface area contributed by atoms with Crippen molar-refractivity contribution < 1.29 is 4.74 Å². The molecule has 2 nitrogen and oxygen atoms in total. The average molecular weight is 338 g/mol. The van der Waals surface area contributed by atoms with Crippen LogP contribution in [0.15, 0.2) is 28.3 Å². The molecular weight excluding hydrogens is 314 g/mol. The minimum Gasteiger partial charge on any atom is -0.493 e. The highest BCUT2D eigenvalue weighted by molar-refractivity contribution is 9.10. The van der Waals surface area contributed by atoms with E-state index in [0.29, 0.717) is 6.04 Å². The minimum atomic E-state index is 0.561. The largest absolute Gasteiger partial charge is 0.493 e. The van der Waals surface area contributed by atoms with E-state index in [0.717, 1.165) is 42.6 Å². The fourth-order valence-corrected chi connectivity index (χ4v) is 3.09. The molecule has 0 aliphatic carbocycles. The first kappa shape index (κ1) is 15.6. The summed E-state index contributed by atoms with van der Waals surface area (Å²) in [7, 11) is 0. The molecule has 1 heterocycles. The van der Waals surface area contributed by atoms with Gasteiger partial charge >= 0.3 is 0 Å². The standard InChI is InChI=1S/C17H24BrNO/c1-12(2)19-7-4-5-13(3)9-15-11-16(18)10-14-6-8-20-17(14)15/h5,10-12,19H,4,6-9H2,1-3H3/b13-5-. The smallest absolute Gasteiger partial charge is 0.126 e.